The highest BCUT2D eigenvalue weighted by molar-refractivity contribution is 5.80. The predicted molar refractivity (Wildman–Crippen MR) is 78.9 cm³/mol. The van der Waals surface area contributed by atoms with E-state index in [1.165, 1.54) is 0 Å². The number of terminal acetylenes is 1. The molecule has 3 aromatic rings. The number of benzene rings is 2. The van der Waals surface area contributed by atoms with E-state index in [9.17, 15) is 5.11 Å². The minimum atomic E-state index is 0.189. The summed E-state index contributed by atoms with van der Waals surface area (Å²) in [4.78, 5) is 8.64. The van der Waals surface area contributed by atoms with Gasteiger partial charge in [-0.2, -0.15) is 0 Å². The number of phenolic OH excluding ortho intramolecular Hbond substituents is 1. The molecule has 0 radical (unpaired) electrons. The smallest absolute Gasteiger partial charge is 0.227 e. The number of hydrogen-bond acceptors (Lipinski definition) is 4. The zero-order valence-corrected chi connectivity index (χ0v) is 10.5. The molecule has 0 aliphatic heterocycles. The molecular weight excluding hydrogens is 250 g/mol. The minimum absolute atomic E-state index is 0.189. The Balaban J connectivity index is 1.95. The Bertz CT molecular complexity index is 821. The first kappa shape index (κ1) is 12.0. The zero-order valence-electron chi connectivity index (χ0n) is 10.5. The third-order valence-electron chi connectivity index (χ3n) is 2.85. The molecule has 3 rings (SSSR count). The fourth-order valence-corrected chi connectivity index (χ4v) is 1.90. The van der Waals surface area contributed by atoms with Gasteiger partial charge in [-0.25, -0.2) is 9.97 Å². The first-order chi connectivity index (χ1) is 9.74. The summed E-state index contributed by atoms with van der Waals surface area (Å²) in [6.45, 7) is 0. The molecule has 0 bridgehead atoms. The van der Waals surface area contributed by atoms with Gasteiger partial charge in [0.05, 0.1) is 5.52 Å². The van der Waals surface area contributed by atoms with Crippen molar-refractivity contribution in [3.05, 3.63) is 54.2 Å². The lowest BCUT2D eigenvalue weighted by Gasteiger charge is -2.06. The van der Waals surface area contributed by atoms with E-state index < -0.39 is 0 Å². The molecule has 4 nitrogen and oxygen atoms in total. The summed E-state index contributed by atoms with van der Waals surface area (Å²) in [5.74, 6) is 3.24. The van der Waals surface area contributed by atoms with E-state index in [0.717, 1.165) is 22.2 Å². The van der Waals surface area contributed by atoms with Crippen molar-refractivity contribution in [2.75, 3.05) is 5.32 Å². The molecule has 2 aromatic carbocycles. The number of rotatable bonds is 2. The van der Waals surface area contributed by atoms with E-state index in [-0.39, 0.29) is 5.75 Å². The van der Waals surface area contributed by atoms with Crippen molar-refractivity contribution in [2.45, 2.75) is 0 Å². The maximum atomic E-state index is 9.42. The van der Waals surface area contributed by atoms with E-state index in [1.54, 1.807) is 24.4 Å². The Hall–Kier alpha value is -3.06. The van der Waals surface area contributed by atoms with Crippen molar-refractivity contribution in [3.8, 4) is 18.1 Å². The van der Waals surface area contributed by atoms with Crippen LogP contribution in [0.5, 0.6) is 5.75 Å². The average molecular weight is 261 g/mol. The lowest BCUT2D eigenvalue weighted by molar-refractivity contribution is 0.475. The van der Waals surface area contributed by atoms with Crippen LogP contribution in [0, 0.1) is 12.3 Å². The number of nitrogens with zero attached hydrogens (tertiary/aromatic N) is 2. The largest absolute Gasteiger partial charge is 0.508 e. The van der Waals surface area contributed by atoms with Crippen LogP contribution >= 0.6 is 0 Å². The van der Waals surface area contributed by atoms with Gasteiger partial charge in [0.15, 0.2) is 0 Å². The van der Waals surface area contributed by atoms with Crippen LogP contribution in [0.25, 0.3) is 10.9 Å². The standard InChI is InChI=1S/C16H11N3O/c1-2-11-6-7-15-12(8-11)10-17-16(19-15)18-13-4-3-5-14(20)9-13/h1,3-10,20H,(H,17,18,19). The zero-order chi connectivity index (χ0) is 13.9. The minimum Gasteiger partial charge on any atom is -0.508 e. The molecule has 0 amide bonds. The first-order valence-corrected chi connectivity index (χ1v) is 6.04. The van der Waals surface area contributed by atoms with Gasteiger partial charge in [-0.15, -0.1) is 6.42 Å². The fourth-order valence-electron chi connectivity index (χ4n) is 1.90. The van der Waals surface area contributed by atoms with E-state index in [0.29, 0.717) is 5.95 Å². The lowest BCUT2D eigenvalue weighted by atomic mass is 10.1. The van der Waals surface area contributed by atoms with Crippen LogP contribution in [0.4, 0.5) is 11.6 Å². The van der Waals surface area contributed by atoms with Crippen molar-refractivity contribution < 1.29 is 5.11 Å². The molecule has 0 aliphatic carbocycles. The molecule has 2 N–H and O–H groups in total. The summed E-state index contributed by atoms with van der Waals surface area (Å²) in [5, 5.41) is 13.4. The van der Waals surface area contributed by atoms with E-state index in [2.05, 4.69) is 21.2 Å². The predicted octanol–water partition coefficient (Wildman–Crippen LogP) is 3.06. The third kappa shape index (κ3) is 2.38. The van der Waals surface area contributed by atoms with E-state index in [1.807, 2.05) is 24.3 Å². The normalized spacial score (nSPS) is 10.2. The Labute approximate surface area is 116 Å². The Morgan fingerprint density at radius 2 is 2.05 bits per heavy atom. The van der Waals surface area contributed by atoms with Gasteiger partial charge in [0.2, 0.25) is 5.95 Å². The van der Waals surface area contributed by atoms with Crippen molar-refractivity contribution in [3.63, 3.8) is 0 Å². The molecule has 1 aromatic heterocycles. The van der Waals surface area contributed by atoms with Gasteiger partial charge in [-0.1, -0.05) is 12.0 Å². The molecule has 0 unspecified atom stereocenters. The molecule has 0 spiro atoms. The second-order valence-corrected chi connectivity index (χ2v) is 4.29. The molecular formula is C16H11N3O. The molecule has 96 valence electrons. The maximum absolute atomic E-state index is 9.42. The highest BCUT2D eigenvalue weighted by Crippen LogP contribution is 2.20. The number of aromatic hydroxyl groups is 1. The summed E-state index contributed by atoms with van der Waals surface area (Å²) in [6, 6.07) is 12.4. The number of nitrogens with one attached hydrogen (secondary N) is 1. The highest BCUT2D eigenvalue weighted by atomic mass is 16.3. The quantitative estimate of drug-likeness (QED) is 0.696. The third-order valence-corrected chi connectivity index (χ3v) is 2.85. The van der Waals surface area contributed by atoms with Crippen LogP contribution < -0.4 is 5.32 Å². The molecule has 20 heavy (non-hydrogen) atoms. The summed E-state index contributed by atoms with van der Waals surface area (Å²) in [7, 11) is 0. The van der Waals surface area contributed by atoms with Crippen LogP contribution in [-0.4, -0.2) is 15.1 Å². The Morgan fingerprint density at radius 1 is 1.15 bits per heavy atom. The number of phenols is 1. The van der Waals surface area contributed by atoms with Gasteiger partial charge in [0.1, 0.15) is 5.75 Å². The van der Waals surface area contributed by atoms with Crippen molar-refractivity contribution in [2.24, 2.45) is 0 Å². The van der Waals surface area contributed by atoms with Gasteiger partial charge >= 0.3 is 0 Å². The van der Waals surface area contributed by atoms with Gasteiger partial charge in [-0.05, 0) is 30.3 Å². The van der Waals surface area contributed by atoms with Crippen molar-refractivity contribution in [1.29, 1.82) is 0 Å². The average Bonchev–Trinajstić information content (AvgIpc) is 2.47. The van der Waals surface area contributed by atoms with Gasteiger partial charge in [0.25, 0.3) is 0 Å². The highest BCUT2D eigenvalue weighted by Gasteiger charge is 2.02. The molecule has 4 heteroatoms. The fraction of sp³-hybridized carbons (Fsp3) is 0. The molecule has 0 atom stereocenters. The van der Waals surface area contributed by atoms with Crippen LogP contribution in [0.1, 0.15) is 5.56 Å². The van der Waals surface area contributed by atoms with Crippen LogP contribution in [0.15, 0.2) is 48.7 Å². The number of anilines is 2. The Kier molecular flexibility index (Phi) is 2.94. The summed E-state index contributed by atoms with van der Waals surface area (Å²) >= 11 is 0. The summed E-state index contributed by atoms with van der Waals surface area (Å²) in [5.41, 5.74) is 2.33. The molecule has 0 saturated heterocycles. The summed E-state index contributed by atoms with van der Waals surface area (Å²) in [6.07, 6.45) is 7.08. The summed E-state index contributed by atoms with van der Waals surface area (Å²) < 4.78 is 0. The topological polar surface area (TPSA) is 58.0 Å². The van der Waals surface area contributed by atoms with Gasteiger partial charge in [0, 0.05) is 28.9 Å². The Morgan fingerprint density at radius 3 is 2.85 bits per heavy atom. The lowest BCUT2D eigenvalue weighted by Crippen LogP contribution is -1.96. The molecule has 0 saturated carbocycles. The SMILES string of the molecule is C#Cc1ccc2nc(Nc3cccc(O)c3)ncc2c1. The van der Waals surface area contributed by atoms with Crippen molar-refractivity contribution >= 4 is 22.5 Å². The van der Waals surface area contributed by atoms with E-state index >= 15 is 0 Å². The first-order valence-electron chi connectivity index (χ1n) is 6.04. The molecule has 0 aliphatic rings. The molecule has 1 heterocycles. The molecule has 0 fully saturated rings. The maximum Gasteiger partial charge on any atom is 0.227 e. The van der Waals surface area contributed by atoms with Gasteiger partial charge < -0.3 is 10.4 Å². The number of hydrogen-bond donors (Lipinski definition) is 2. The number of aromatic nitrogens is 2. The van der Waals surface area contributed by atoms with Crippen LogP contribution in [0.2, 0.25) is 0 Å². The van der Waals surface area contributed by atoms with E-state index in [4.69, 9.17) is 6.42 Å². The second-order valence-electron chi connectivity index (χ2n) is 4.29. The number of fused-ring (bicyclic) bond motifs is 1. The second kappa shape index (κ2) is 4.90. The van der Waals surface area contributed by atoms with Crippen LogP contribution in [0.3, 0.4) is 0 Å². The monoisotopic (exact) mass is 261 g/mol. The van der Waals surface area contributed by atoms with Crippen molar-refractivity contribution in [1.82, 2.24) is 9.97 Å². The van der Waals surface area contributed by atoms with Gasteiger partial charge in [-0.3, -0.25) is 0 Å². The van der Waals surface area contributed by atoms with Crippen LogP contribution in [-0.2, 0) is 0 Å².